The van der Waals surface area contributed by atoms with Crippen LogP contribution in [0.25, 0.3) is 11.3 Å². The van der Waals surface area contributed by atoms with Crippen LogP contribution in [0.15, 0.2) is 48.5 Å². The van der Waals surface area contributed by atoms with Crippen molar-refractivity contribution in [3.05, 3.63) is 75.9 Å². The van der Waals surface area contributed by atoms with Gasteiger partial charge >= 0.3 is 0 Å². The quantitative estimate of drug-likeness (QED) is 0.764. The van der Waals surface area contributed by atoms with Crippen LogP contribution >= 0.6 is 11.6 Å². The molecule has 1 N–H and O–H groups in total. The Morgan fingerprint density at radius 3 is 2.60 bits per heavy atom. The number of rotatable bonds is 3. The molecule has 0 bridgehead atoms. The molecule has 0 atom stereocenters. The zero-order valence-electron chi connectivity index (χ0n) is 14.4. The van der Waals surface area contributed by atoms with Gasteiger partial charge < -0.3 is 5.32 Å². The van der Waals surface area contributed by atoms with E-state index in [1.165, 1.54) is 22.4 Å². The van der Waals surface area contributed by atoms with Crippen molar-refractivity contribution >= 4 is 11.6 Å². The fourth-order valence-corrected chi connectivity index (χ4v) is 3.67. The first-order valence-electron chi connectivity index (χ1n) is 8.82. The lowest BCUT2D eigenvalue weighted by Crippen LogP contribution is -2.17. The van der Waals surface area contributed by atoms with Crippen LogP contribution in [0.3, 0.4) is 0 Å². The van der Waals surface area contributed by atoms with Crippen LogP contribution in [0.2, 0.25) is 5.02 Å². The summed E-state index contributed by atoms with van der Waals surface area (Å²) in [5.41, 5.74) is 7.62. The van der Waals surface area contributed by atoms with E-state index in [0.29, 0.717) is 0 Å². The van der Waals surface area contributed by atoms with Crippen LogP contribution in [-0.2, 0) is 19.4 Å². The Balaban J connectivity index is 1.79. The minimum Gasteiger partial charge on any atom is -0.316 e. The van der Waals surface area contributed by atoms with Gasteiger partial charge in [-0.15, -0.1) is 0 Å². The molecule has 0 saturated carbocycles. The summed E-state index contributed by atoms with van der Waals surface area (Å²) in [5, 5.41) is 9.28. The lowest BCUT2D eigenvalue weighted by molar-refractivity contribution is 0.627. The molecular weight excluding hydrogens is 330 g/mol. The summed E-state index contributed by atoms with van der Waals surface area (Å²) < 4.78 is 2.20. The monoisotopic (exact) mass is 351 g/mol. The molecule has 2 aromatic carbocycles. The van der Waals surface area contributed by atoms with Crippen LogP contribution in [0, 0.1) is 6.92 Å². The number of nitrogens with one attached hydrogen (secondary N) is 1. The standard InChI is InChI=1S/C21H22ClN3/c1-15-4-2-3-5-17(15)14-25-20-11-13-23-12-10-19(20)21(24-25)16-6-8-18(22)9-7-16/h2-9,23H,10-14H2,1H3. The fourth-order valence-electron chi connectivity index (χ4n) is 3.54. The summed E-state index contributed by atoms with van der Waals surface area (Å²) in [5.74, 6) is 0. The van der Waals surface area contributed by atoms with Gasteiger partial charge in [0, 0.05) is 34.8 Å². The molecule has 0 radical (unpaired) electrons. The number of aromatic nitrogens is 2. The van der Waals surface area contributed by atoms with E-state index in [9.17, 15) is 0 Å². The van der Waals surface area contributed by atoms with E-state index in [1.54, 1.807) is 0 Å². The minimum atomic E-state index is 0.760. The van der Waals surface area contributed by atoms with Crippen molar-refractivity contribution in [1.82, 2.24) is 15.1 Å². The molecule has 1 aliphatic rings. The van der Waals surface area contributed by atoms with E-state index >= 15 is 0 Å². The van der Waals surface area contributed by atoms with Crippen LogP contribution in [0.5, 0.6) is 0 Å². The lowest BCUT2D eigenvalue weighted by Gasteiger charge is -2.09. The van der Waals surface area contributed by atoms with Gasteiger partial charge in [0.25, 0.3) is 0 Å². The van der Waals surface area contributed by atoms with Gasteiger partial charge in [0.15, 0.2) is 0 Å². The summed E-state index contributed by atoms with van der Waals surface area (Å²) in [6.07, 6.45) is 2.03. The average Bonchev–Trinajstić information content (AvgIpc) is 2.80. The first-order valence-corrected chi connectivity index (χ1v) is 9.20. The van der Waals surface area contributed by atoms with E-state index in [2.05, 4.69) is 53.3 Å². The molecule has 1 aromatic heterocycles. The normalized spacial score (nSPS) is 14.2. The van der Waals surface area contributed by atoms with Crippen LogP contribution in [0.4, 0.5) is 0 Å². The predicted octanol–water partition coefficient (Wildman–Crippen LogP) is 4.25. The molecule has 4 rings (SSSR count). The Morgan fingerprint density at radius 2 is 1.80 bits per heavy atom. The maximum atomic E-state index is 6.06. The summed E-state index contributed by atoms with van der Waals surface area (Å²) in [6, 6.07) is 16.6. The lowest BCUT2D eigenvalue weighted by atomic mass is 10.0. The predicted molar refractivity (Wildman–Crippen MR) is 103 cm³/mol. The Labute approximate surface area is 153 Å². The second-order valence-corrected chi connectivity index (χ2v) is 7.05. The average molecular weight is 352 g/mol. The first kappa shape index (κ1) is 16.4. The highest BCUT2D eigenvalue weighted by molar-refractivity contribution is 6.30. The van der Waals surface area contributed by atoms with Gasteiger partial charge in [-0.3, -0.25) is 4.68 Å². The van der Waals surface area contributed by atoms with Gasteiger partial charge in [0.05, 0.1) is 12.2 Å². The second kappa shape index (κ2) is 7.03. The molecular formula is C21H22ClN3. The van der Waals surface area contributed by atoms with Gasteiger partial charge in [0.2, 0.25) is 0 Å². The maximum Gasteiger partial charge on any atom is 0.0958 e. The van der Waals surface area contributed by atoms with Crippen molar-refractivity contribution < 1.29 is 0 Å². The second-order valence-electron chi connectivity index (χ2n) is 6.61. The Hall–Kier alpha value is -2.10. The third kappa shape index (κ3) is 3.35. The zero-order valence-corrected chi connectivity index (χ0v) is 15.2. The van der Waals surface area contributed by atoms with Crippen LogP contribution in [-0.4, -0.2) is 22.9 Å². The molecule has 1 aliphatic heterocycles. The van der Waals surface area contributed by atoms with Gasteiger partial charge in [-0.2, -0.15) is 5.10 Å². The molecule has 128 valence electrons. The SMILES string of the molecule is Cc1ccccc1Cn1nc(-c2ccc(Cl)cc2)c2c1CCNCC2. The molecule has 0 fully saturated rings. The summed E-state index contributed by atoms with van der Waals surface area (Å²) in [6.45, 7) is 5.00. The number of hydrogen-bond acceptors (Lipinski definition) is 2. The van der Waals surface area contributed by atoms with Gasteiger partial charge in [-0.1, -0.05) is 48.0 Å². The van der Waals surface area contributed by atoms with Gasteiger partial charge in [-0.05, 0) is 43.1 Å². The zero-order chi connectivity index (χ0) is 17.2. The van der Waals surface area contributed by atoms with Crippen molar-refractivity contribution in [1.29, 1.82) is 0 Å². The highest BCUT2D eigenvalue weighted by atomic mass is 35.5. The maximum absolute atomic E-state index is 6.06. The Morgan fingerprint density at radius 1 is 1.04 bits per heavy atom. The molecule has 0 spiro atoms. The number of fused-ring (bicyclic) bond motifs is 1. The van der Waals surface area contributed by atoms with Crippen LogP contribution in [0.1, 0.15) is 22.4 Å². The number of benzene rings is 2. The van der Waals surface area contributed by atoms with Crippen molar-refractivity contribution in [2.24, 2.45) is 0 Å². The number of aryl methyl sites for hydroxylation is 1. The molecule has 25 heavy (non-hydrogen) atoms. The number of halogens is 1. The smallest absolute Gasteiger partial charge is 0.0958 e. The minimum absolute atomic E-state index is 0.760. The van der Waals surface area contributed by atoms with E-state index in [4.69, 9.17) is 16.7 Å². The highest BCUT2D eigenvalue weighted by Crippen LogP contribution is 2.29. The highest BCUT2D eigenvalue weighted by Gasteiger charge is 2.20. The van der Waals surface area contributed by atoms with E-state index in [-0.39, 0.29) is 0 Å². The van der Waals surface area contributed by atoms with Crippen molar-refractivity contribution in [2.75, 3.05) is 13.1 Å². The number of nitrogens with zero attached hydrogens (tertiary/aromatic N) is 2. The fraction of sp³-hybridized carbons (Fsp3) is 0.286. The van der Waals surface area contributed by atoms with E-state index in [0.717, 1.165) is 48.8 Å². The molecule has 2 heterocycles. The molecule has 4 heteroatoms. The largest absolute Gasteiger partial charge is 0.316 e. The van der Waals surface area contributed by atoms with Crippen LogP contribution < -0.4 is 5.32 Å². The number of hydrogen-bond donors (Lipinski definition) is 1. The topological polar surface area (TPSA) is 29.9 Å². The van der Waals surface area contributed by atoms with Gasteiger partial charge in [-0.25, -0.2) is 0 Å². The molecule has 0 saturated heterocycles. The molecule has 0 aliphatic carbocycles. The van der Waals surface area contributed by atoms with Crippen molar-refractivity contribution in [2.45, 2.75) is 26.3 Å². The Bertz CT molecular complexity index is 881. The Kier molecular flexibility index (Phi) is 4.60. The third-order valence-corrected chi connectivity index (χ3v) is 5.21. The van der Waals surface area contributed by atoms with Gasteiger partial charge in [0.1, 0.15) is 0 Å². The van der Waals surface area contributed by atoms with Crippen molar-refractivity contribution in [3.8, 4) is 11.3 Å². The molecule has 3 nitrogen and oxygen atoms in total. The molecule has 0 amide bonds. The summed E-state index contributed by atoms with van der Waals surface area (Å²) >= 11 is 6.06. The summed E-state index contributed by atoms with van der Waals surface area (Å²) in [7, 11) is 0. The summed E-state index contributed by atoms with van der Waals surface area (Å²) in [4.78, 5) is 0. The van der Waals surface area contributed by atoms with E-state index in [1.807, 2.05) is 12.1 Å². The van der Waals surface area contributed by atoms with Crippen molar-refractivity contribution in [3.63, 3.8) is 0 Å². The van der Waals surface area contributed by atoms with E-state index < -0.39 is 0 Å². The molecule has 3 aromatic rings. The first-order chi connectivity index (χ1) is 12.2. The molecule has 0 unspecified atom stereocenters. The third-order valence-electron chi connectivity index (χ3n) is 4.96.